The standard InChI is InChI=1S/C14H14O2S/c1-10-5-3-7-12(9-10)17(16)13-8-4-6-11(2)14(13)15/h3-9,15H,1-2H3. The summed E-state index contributed by atoms with van der Waals surface area (Å²) in [6.45, 7) is 3.75. The number of benzene rings is 2. The predicted molar refractivity (Wildman–Crippen MR) is 68.7 cm³/mol. The van der Waals surface area contributed by atoms with E-state index in [9.17, 15) is 9.32 Å². The van der Waals surface area contributed by atoms with E-state index in [-0.39, 0.29) is 5.75 Å². The first-order chi connectivity index (χ1) is 8.09. The lowest BCUT2D eigenvalue weighted by Crippen LogP contribution is -1.94. The lowest BCUT2D eigenvalue weighted by atomic mass is 10.2. The van der Waals surface area contributed by atoms with Gasteiger partial charge in [0.25, 0.3) is 0 Å². The normalized spacial score (nSPS) is 12.4. The van der Waals surface area contributed by atoms with Gasteiger partial charge in [0, 0.05) is 4.90 Å². The molecule has 2 aromatic rings. The minimum Gasteiger partial charge on any atom is -0.506 e. The van der Waals surface area contributed by atoms with Crippen molar-refractivity contribution in [3.8, 4) is 5.75 Å². The second-order valence-corrected chi connectivity index (χ2v) is 5.46. The first-order valence-electron chi connectivity index (χ1n) is 5.36. The molecule has 0 aliphatic heterocycles. The molecule has 0 amide bonds. The van der Waals surface area contributed by atoms with Gasteiger partial charge in [-0.15, -0.1) is 0 Å². The Kier molecular flexibility index (Phi) is 3.29. The maximum atomic E-state index is 12.3. The van der Waals surface area contributed by atoms with Crippen molar-refractivity contribution in [2.75, 3.05) is 0 Å². The van der Waals surface area contributed by atoms with Gasteiger partial charge in [0.1, 0.15) is 5.75 Å². The predicted octanol–water partition coefficient (Wildman–Crippen LogP) is 3.18. The fourth-order valence-electron chi connectivity index (χ4n) is 1.64. The Bertz CT molecular complexity index is 576. The molecule has 0 bridgehead atoms. The number of hydrogen-bond donors (Lipinski definition) is 1. The molecule has 0 heterocycles. The van der Waals surface area contributed by atoms with Crippen LogP contribution in [0.5, 0.6) is 5.75 Å². The molecule has 1 unspecified atom stereocenters. The number of para-hydroxylation sites is 1. The third kappa shape index (κ3) is 2.39. The highest BCUT2D eigenvalue weighted by molar-refractivity contribution is 7.85. The average molecular weight is 246 g/mol. The molecule has 2 aromatic carbocycles. The maximum absolute atomic E-state index is 12.3. The minimum absolute atomic E-state index is 0.118. The molecule has 0 fully saturated rings. The van der Waals surface area contributed by atoms with Crippen LogP contribution in [-0.2, 0) is 10.8 Å². The molecule has 0 aliphatic rings. The average Bonchev–Trinajstić information content (AvgIpc) is 2.32. The van der Waals surface area contributed by atoms with E-state index in [1.165, 1.54) is 0 Å². The van der Waals surface area contributed by atoms with Crippen LogP contribution in [0.1, 0.15) is 11.1 Å². The number of rotatable bonds is 2. The Morgan fingerprint density at radius 3 is 2.47 bits per heavy atom. The molecular weight excluding hydrogens is 232 g/mol. The highest BCUT2D eigenvalue weighted by atomic mass is 32.2. The van der Waals surface area contributed by atoms with Crippen molar-refractivity contribution in [2.24, 2.45) is 0 Å². The summed E-state index contributed by atoms with van der Waals surface area (Å²) in [5.74, 6) is 0.118. The van der Waals surface area contributed by atoms with Gasteiger partial charge in [-0.2, -0.15) is 0 Å². The van der Waals surface area contributed by atoms with Gasteiger partial charge in [-0.3, -0.25) is 0 Å². The van der Waals surface area contributed by atoms with Crippen molar-refractivity contribution in [2.45, 2.75) is 23.6 Å². The zero-order valence-electron chi connectivity index (χ0n) is 9.81. The fraction of sp³-hybridized carbons (Fsp3) is 0.143. The highest BCUT2D eigenvalue weighted by Gasteiger charge is 2.12. The molecule has 2 nitrogen and oxygen atoms in total. The highest BCUT2D eigenvalue weighted by Crippen LogP contribution is 2.28. The van der Waals surface area contributed by atoms with E-state index in [4.69, 9.17) is 0 Å². The molecule has 17 heavy (non-hydrogen) atoms. The Balaban J connectivity index is 2.48. The zero-order chi connectivity index (χ0) is 12.4. The monoisotopic (exact) mass is 246 g/mol. The maximum Gasteiger partial charge on any atom is 0.134 e. The number of aryl methyl sites for hydroxylation is 2. The van der Waals surface area contributed by atoms with Gasteiger partial charge in [-0.25, -0.2) is 4.21 Å². The van der Waals surface area contributed by atoms with Gasteiger partial charge < -0.3 is 5.11 Å². The van der Waals surface area contributed by atoms with Crippen molar-refractivity contribution in [3.05, 3.63) is 53.6 Å². The summed E-state index contributed by atoms with van der Waals surface area (Å²) in [4.78, 5) is 1.18. The van der Waals surface area contributed by atoms with Crippen LogP contribution in [0, 0.1) is 13.8 Å². The van der Waals surface area contributed by atoms with Crippen molar-refractivity contribution >= 4 is 10.8 Å². The molecule has 0 spiro atoms. The van der Waals surface area contributed by atoms with Gasteiger partial charge >= 0.3 is 0 Å². The number of phenols is 1. The largest absolute Gasteiger partial charge is 0.506 e. The second-order valence-electron chi connectivity index (χ2n) is 4.01. The van der Waals surface area contributed by atoms with Crippen LogP contribution >= 0.6 is 0 Å². The van der Waals surface area contributed by atoms with Crippen molar-refractivity contribution < 1.29 is 9.32 Å². The molecule has 1 N–H and O–H groups in total. The summed E-state index contributed by atoms with van der Waals surface area (Å²) >= 11 is 0. The lowest BCUT2D eigenvalue weighted by molar-refractivity contribution is 0.457. The second kappa shape index (κ2) is 4.72. The zero-order valence-corrected chi connectivity index (χ0v) is 10.6. The van der Waals surface area contributed by atoms with E-state index in [2.05, 4.69) is 0 Å². The topological polar surface area (TPSA) is 37.3 Å². The molecule has 0 aliphatic carbocycles. The molecule has 0 aromatic heterocycles. The molecule has 0 radical (unpaired) electrons. The van der Waals surface area contributed by atoms with E-state index in [1.807, 2.05) is 31.2 Å². The van der Waals surface area contributed by atoms with E-state index >= 15 is 0 Å². The van der Waals surface area contributed by atoms with Crippen LogP contribution in [0.4, 0.5) is 0 Å². The van der Waals surface area contributed by atoms with Crippen LogP contribution in [0.2, 0.25) is 0 Å². The Labute approximate surface area is 103 Å². The Morgan fingerprint density at radius 1 is 1.06 bits per heavy atom. The summed E-state index contributed by atoms with van der Waals surface area (Å²) in [6, 6.07) is 12.8. The number of phenolic OH excluding ortho intramolecular Hbond substituents is 1. The molecule has 1 atom stereocenters. The van der Waals surface area contributed by atoms with Crippen molar-refractivity contribution in [3.63, 3.8) is 0 Å². The molecule has 0 saturated heterocycles. The first kappa shape index (κ1) is 11.9. The number of aromatic hydroxyl groups is 1. The SMILES string of the molecule is Cc1cccc(S(=O)c2cccc(C)c2O)c1. The van der Waals surface area contributed by atoms with Crippen LogP contribution in [0.3, 0.4) is 0 Å². The van der Waals surface area contributed by atoms with Crippen LogP contribution < -0.4 is 0 Å². The van der Waals surface area contributed by atoms with E-state index in [0.29, 0.717) is 9.79 Å². The van der Waals surface area contributed by atoms with Gasteiger partial charge in [0.2, 0.25) is 0 Å². The summed E-state index contributed by atoms with van der Waals surface area (Å²) in [6.07, 6.45) is 0. The van der Waals surface area contributed by atoms with Crippen LogP contribution in [-0.4, -0.2) is 9.32 Å². The quantitative estimate of drug-likeness (QED) is 0.883. The molecular formula is C14H14O2S. The third-order valence-corrected chi connectivity index (χ3v) is 4.02. The lowest BCUT2D eigenvalue weighted by Gasteiger charge is -2.07. The first-order valence-corrected chi connectivity index (χ1v) is 6.51. The van der Waals surface area contributed by atoms with Gasteiger partial charge in [0.05, 0.1) is 15.7 Å². The van der Waals surface area contributed by atoms with Gasteiger partial charge in [-0.1, -0.05) is 24.3 Å². The molecule has 3 heteroatoms. The van der Waals surface area contributed by atoms with E-state index in [1.54, 1.807) is 25.1 Å². The third-order valence-electron chi connectivity index (χ3n) is 2.60. The van der Waals surface area contributed by atoms with E-state index in [0.717, 1.165) is 11.1 Å². The summed E-state index contributed by atoms with van der Waals surface area (Å²) < 4.78 is 12.3. The van der Waals surface area contributed by atoms with Gasteiger partial charge in [-0.05, 0) is 43.2 Å². The van der Waals surface area contributed by atoms with Gasteiger partial charge in [0.15, 0.2) is 0 Å². The van der Waals surface area contributed by atoms with Crippen LogP contribution in [0.25, 0.3) is 0 Å². The smallest absolute Gasteiger partial charge is 0.134 e. The summed E-state index contributed by atoms with van der Waals surface area (Å²) in [5.41, 5.74) is 1.80. The van der Waals surface area contributed by atoms with Crippen molar-refractivity contribution in [1.29, 1.82) is 0 Å². The Hall–Kier alpha value is -1.61. The fourth-order valence-corrected chi connectivity index (χ4v) is 2.93. The molecule has 2 rings (SSSR count). The van der Waals surface area contributed by atoms with E-state index < -0.39 is 10.8 Å². The minimum atomic E-state index is -1.33. The Morgan fingerprint density at radius 2 is 1.76 bits per heavy atom. The molecule has 88 valence electrons. The van der Waals surface area contributed by atoms with Crippen molar-refractivity contribution in [1.82, 2.24) is 0 Å². The van der Waals surface area contributed by atoms with Crippen LogP contribution in [0.15, 0.2) is 52.3 Å². The summed E-state index contributed by atoms with van der Waals surface area (Å²) in [5, 5.41) is 9.91. The molecule has 0 saturated carbocycles. The number of hydrogen-bond acceptors (Lipinski definition) is 2. The summed E-state index contributed by atoms with van der Waals surface area (Å²) in [7, 11) is -1.33.